The van der Waals surface area contributed by atoms with E-state index in [4.69, 9.17) is 11.5 Å². The summed E-state index contributed by atoms with van der Waals surface area (Å²) in [6, 6.07) is 5.83. The van der Waals surface area contributed by atoms with Crippen molar-refractivity contribution in [1.29, 1.82) is 0 Å². The van der Waals surface area contributed by atoms with Gasteiger partial charge >= 0.3 is 0 Å². The maximum Gasteiger partial charge on any atom is 0.170 e. The number of aryl methyl sites for hydroxylation is 2. The van der Waals surface area contributed by atoms with Gasteiger partial charge in [0.05, 0.1) is 33.5 Å². The Hall–Kier alpha value is -2.67. The third kappa shape index (κ3) is 7.52. The van der Waals surface area contributed by atoms with Crippen LogP contribution in [0.15, 0.2) is 30.6 Å². The number of rotatable bonds is 0. The SMILES string of the molecule is CC.CC.CC.Cc1cc2cc(N)cnc2[nH]1.Cc1nc2ncc(N)cc2s1. The van der Waals surface area contributed by atoms with Crippen LogP contribution in [-0.2, 0) is 0 Å². The molecule has 0 saturated carbocycles. The Morgan fingerprint density at radius 1 is 0.821 bits per heavy atom. The second-order valence-electron chi connectivity index (χ2n) is 4.98. The lowest BCUT2D eigenvalue weighted by Crippen LogP contribution is -1.85. The molecular weight excluding hydrogens is 368 g/mol. The summed E-state index contributed by atoms with van der Waals surface area (Å²) < 4.78 is 1.06. The van der Waals surface area contributed by atoms with E-state index in [-0.39, 0.29) is 0 Å². The van der Waals surface area contributed by atoms with Crippen LogP contribution < -0.4 is 11.5 Å². The van der Waals surface area contributed by atoms with Gasteiger partial charge in [-0.2, -0.15) is 0 Å². The zero-order chi connectivity index (χ0) is 21.7. The van der Waals surface area contributed by atoms with Gasteiger partial charge in [-0.1, -0.05) is 41.5 Å². The van der Waals surface area contributed by atoms with Gasteiger partial charge in [0.25, 0.3) is 0 Å². The summed E-state index contributed by atoms with van der Waals surface area (Å²) in [6.45, 7) is 16.0. The van der Waals surface area contributed by atoms with Crippen molar-refractivity contribution in [3.05, 3.63) is 41.3 Å². The summed E-state index contributed by atoms with van der Waals surface area (Å²) in [6.07, 6.45) is 3.28. The number of nitrogen functional groups attached to an aromatic ring is 2. The van der Waals surface area contributed by atoms with Crippen molar-refractivity contribution in [2.24, 2.45) is 0 Å². The van der Waals surface area contributed by atoms with Crippen molar-refractivity contribution >= 4 is 44.1 Å². The standard InChI is InChI=1S/C8H9N3.C7H7N3S.3C2H6/c1-5-2-6-3-7(9)4-10-8(6)11-5;1-4-10-7-6(11-4)2-5(8)3-9-7;3*1-2/h2-4H,9H2,1H3,(H,10,11);2-3H,8H2,1H3;3*1-2H3. The zero-order valence-electron chi connectivity index (χ0n) is 18.3. The van der Waals surface area contributed by atoms with Crippen molar-refractivity contribution in [2.45, 2.75) is 55.4 Å². The fourth-order valence-electron chi connectivity index (χ4n) is 2.11. The summed E-state index contributed by atoms with van der Waals surface area (Å²) in [4.78, 5) is 15.5. The molecule has 7 heteroatoms. The Morgan fingerprint density at radius 3 is 2.04 bits per heavy atom. The number of pyridine rings is 2. The van der Waals surface area contributed by atoms with Crippen molar-refractivity contribution in [3.8, 4) is 0 Å². The van der Waals surface area contributed by atoms with Crippen molar-refractivity contribution in [1.82, 2.24) is 19.9 Å². The maximum atomic E-state index is 5.56. The van der Waals surface area contributed by atoms with Crippen LogP contribution >= 0.6 is 11.3 Å². The Balaban J connectivity index is 0.000000412. The third-order valence-electron chi connectivity index (χ3n) is 3.00. The van der Waals surface area contributed by atoms with Gasteiger partial charge in [0, 0.05) is 11.1 Å². The monoisotopic (exact) mass is 402 g/mol. The number of hydrogen-bond donors (Lipinski definition) is 3. The molecule has 6 nitrogen and oxygen atoms in total. The summed E-state index contributed by atoms with van der Waals surface area (Å²) in [5.74, 6) is 0. The van der Waals surface area contributed by atoms with Crippen LogP contribution in [0.25, 0.3) is 21.4 Å². The van der Waals surface area contributed by atoms with Crippen LogP contribution in [0.2, 0.25) is 0 Å². The highest BCUT2D eigenvalue weighted by molar-refractivity contribution is 7.18. The number of nitrogens with one attached hydrogen (secondary N) is 1. The second-order valence-corrected chi connectivity index (χ2v) is 6.22. The van der Waals surface area contributed by atoms with Gasteiger partial charge in [0.15, 0.2) is 5.65 Å². The predicted octanol–water partition coefficient (Wildman–Crippen LogP) is 6.11. The number of anilines is 2. The first-order valence-electron chi connectivity index (χ1n) is 9.71. The first-order chi connectivity index (χ1) is 13.5. The largest absolute Gasteiger partial charge is 0.397 e. The summed E-state index contributed by atoms with van der Waals surface area (Å²) in [7, 11) is 0. The molecule has 0 bridgehead atoms. The van der Waals surface area contributed by atoms with E-state index in [1.807, 2.05) is 73.6 Å². The highest BCUT2D eigenvalue weighted by Crippen LogP contribution is 2.20. The lowest BCUT2D eigenvalue weighted by molar-refractivity contribution is 1.25. The van der Waals surface area contributed by atoms with Gasteiger partial charge in [0.2, 0.25) is 0 Å². The Bertz CT molecular complexity index is 865. The average molecular weight is 403 g/mol. The quantitative estimate of drug-likeness (QED) is 0.329. The topological polar surface area (TPSA) is 106 Å². The number of fused-ring (bicyclic) bond motifs is 2. The van der Waals surface area contributed by atoms with Gasteiger partial charge < -0.3 is 16.5 Å². The van der Waals surface area contributed by atoms with Gasteiger partial charge in [-0.3, -0.25) is 0 Å². The minimum absolute atomic E-state index is 0.696. The van der Waals surface area contributed by atoms with Crippen LogP contribution in [0.4, 0.5) is 11.4 Å². The first kappa shape index (κ1) is 25.3. The Morgan fingerprint density at radius 2 is 1.39 bits per heavy atom. The van der Waals surface area contributed by atoms with E-state index in [2.05, 4.69) is 19.9 Å². The van der Waals surface area contributed by atoms with Crippen LogP contribution in [-0.4, -0.2) is 19.9 Å². The molecular formula is C21H34N6S. The molecule has 0 amide bonds. The molecule has 0 aliphatic heterocycles. The van der Waals surface area contributed by atoms with E-state index >= 15 is 0 Å². The van der Waals surface area contributed by atoms with E-state index in [0.717, 1.165) is 32.1 Å². The molecule has 4 aromatic heterocycles. The molecule has 0 aliphatic carbocycles. The number of hydrogen-bond acceptors (Lipinski definition) is 6. The lowest BCUT2D eigenvalue weighted by Gasteiger charge is -1.89. The molecule has 0 aromatic carbocycles. The van der Waals surface area contributed by atoms with E-state index < -0.39 is 0 Å². The third-order valence-corrected chi connectivity index (χ3v) is 3.91. The minimum atomic E-state index is 0.696. The van der Waals surface area contributed by atoms with Crippen LogP contribution in [0.3, 0.4) is 0 Å². The normalized spacial score (nSPS) is 9.00. The van der Waals surface area contributed by atoms with Gasteiger partial charge in [-0.05, 0) is 32.0 Å². The molecule has 0 aliphatic rings. The smallest absolute Gasteiger partial charge is 0.170 e. The number of thiazole rings is 1. The van der Waals surface area contributed by atoms with E-state index in [0.29, 0.717) is 11.4 Å². The predicted molar refractivity (Wildman–Crippen MR) is 126 cm³/mol. The molecule has 0 spiro atoms. The summed E-state index contributed by atoms with van der Waals surface area (Å²) in [5, 5.41) is 2.10. The number of nitrogens with two attached hydrogens (primary N) is 2. The number of nitrogens with zero attached hydrogens (tertiary/aromatic N) is 3. The highest BCUT2D eigenvalue weighted by atomic mass is 32.1. The highest BCUT2D eigenvalue weighted by Gasteiger charge is 2.00. The molecule has 0 unspecified atom stereocenters. The van der Waals surface area contributed by atoms with E-state index in [1.54, 1.807) is 23.7 Å². The molecule has 4 aromatic rings. The molecule has 4 rings (SSSR count). The number of aromatic nitrogens is 4. The number of aromatic amines is 1. The fourth-order valence-corrected chi connectivity index (χ4v) is 2.95. The summed E-state index contributed by atoms with van der Waals surface area (Å²) >= 11 is 1.61. The minimum Gasteiger partial charge on any atom is -0.397 e. The lowest BCUT2D eigenvalue weighted by atomic mass is 10.3. The zero-order valence-corrected chi connectivity index (χ0v) is 19.1. The van der Waals surface area contributed by atoms with Crippen LogP contribution in [0.1, 0.15) is 52.2 Å². The van der Waals surface area contributed by atoms with E-state index in [1.165, 1.54) is 0 Å². The molecule has 0 fully saturated rings. The van der Waals surface area contributed by atoms with Crippen LogP contribution in [0, 0.1) is 13.8 Å². The molecule has 28 heavy (non-hydrogen) atoms. The molecule has 4 heterocycles. The van der Waals surface area contributed by atoms with Crippen molar-refractivity contribution in [2.75, 3.05) is 11.5 Å². The summed E-state index contributed by atoms with van der Waals surface area (Å²) in [5.41, 5.74) is 15.3. The average Bonchev–Trinajstić information content (AvgIpc) is 3.26. The maximum absolute atomic E-state index is 5.56. The Kier molecular flexibility index (Phi) is 12.2. The molecule has 0 atom stereocenters. The van der Waals surface area contributed by atoms with Gasteiger partial charge in [-0.25, -0.2) is 15.0 Å². The van der Waals surface area contributed by atoms with Crippen molar-refractivity contribution < 1.29 is 0 Å². The molecule has 5 N–H and O–H groups in total. The number of H-pyrrole nitrogens is 1. The van der Waals surface area contributed by atoms with Crippen LogP contribution in [0.5, 0.6) is 0 Å². The molecule has 154 valence electrons. The van der Waals surface area contributed by atoms with E-state index in [9.17, 15) is 0 Å². The molecule has 0 saturated heterocycles. The van der Waals surface area contributed by atoms with Gasteiger partial charge in [-0.15, -0.1) is 11.3 Å². The molecule has 0 radical (unpaired) electrons. The first-order valence-corrected chi connectivity index (χ1v) is 10.5. The second kappa shape index (κ2) is 13.5. The fraction of sp³-hybridized carbons (Fsp3) is 0.381. The Labute approximate surface area is 172 Å². The van der Waals surface area contributed by atoms with Crippen molar-refractivity contribution in [3.63, 3.8) is 0 Å². The van der Waals surface area contributed by atoms with Gasteiger partial charge in [0.1, 0.15) is 5.65 Å².